The second-order valence-corrected chi connectivity index (χ2v) is 7.08. The minimum absolute atomic E-state index is 0.107. The van der Waals surface area contributed by atoms with Crippen LogP contribution in [0.5, 0.6) is 0 Å². The van der Waals surface area contributed by atoms with Gasteiger partial charge in [0.05, 0.1) is 11.7 Å². The predicted octanol–water partition coefficient (Wildman–Crippen LogP) is 2.23. The Bertz CT molecular complexity index is 917. The lowest BCUT2D eigenvalue weighted by Gasteiger charge is -2.35. The molecule has 0 aliphatic carbocycles. The number of rotatable bonds is 2. The van der Waals surface area contributed by atoms with E-state index in [2.05, 4.69) is 20.2 Å². The van der Waals surface area contributed by atoms with E-state index in [1.165, 1.54) is 0 Å². The molecule has 27 heavy (non-hydrogen) atoms. The van der Waals surface area contributed by atoms with Crippen molar-refractivity contribution in [3.8, 4) is 0 Å². The van der Waals surface area contributed by atoms with Crippen LogP contribution >= 0.6 is 0 Å². The summed E-state index contributed by atoms with van der Waals surface area (Å²) in [5.41, 5.74) is 1.76. The summed E-state index contributed by atoms with van der Waals surface area (Å²) < 4.78 is 0. The first-order chi connectivity index (χ1) is 13.2. The molecule has 5 heterocycles. The highest BCUT2D eigenvalue weighted by Gasteiger charge is 2.40. The van der Waals surface area contributed by atoms with Gasteiger partial charge in [-0.3, -0.25) is 15.0 Å². The molecule has 5 rings (SSSR count). The lowest BCUT2D eigenvalue weighted by molar-refractivity contribution is -0.117. The number of aromatic nitrogens is 2. The van der Waals surface area contributed by atoms with E-state index in [0.717, 1.165) is 37.3 Å². The Balaban J connectivity index is 1.41. The van der Waals surface area contributed by atoms with Gasteiger partial charge in [-0.2, -0.15) is 0 Å². The maximum absolute atomic E-state index is 13.1. The zero-order valence-electron chi connectivity index (χ0n) is 14.8. The van der Waals surface area contributed by atoms with Gasteiger partial charge < -0.3 is 9.80 Å². The van der Waals surface area contributed by atoms with Gasteiger partial charge in [0.25, 0.3) is 0 Å². The highest BCUT2D eigenvalue weighted by atomic mass is 16.2. The van der Waals surface area contributed by atoms with Crippen molar-refractivity contribution >= 4 is 34.9 Å². The zero-order chi connectivity index (χ0) is 18.4. The van der Waals surface area contributed by atoms with Crippen molar-refractivity contribution < 1.29 is 9.59 Å². The molecular formula is C19H20N6O2. The molecule has 8 nitrogen and oxygen atoms in total. The Morgan fingerprint density at radius 2 is 2.11 bits per heavy atom. The lowest BCUT2D eigenvalue weighted by atomic mass is 10.2. The Labute approximate surface area is 156 Å². The van der Waals surface area contributed by atoms with Crippen LogP contribution in [-0.4, -0.2) is 47.6 Å². The molecule has 2 aromatic heterocycles. The first kappa shape index (κ1) is 16.0. The Morgan fingerprint density at radius 3 is 2.96 bits per heavy atom. The van der Waals surface area contributed by atoms with Crippen molar-refractivity contribution in [2.45, 2.75) is 25.3 Å². The summed E-state index contributed by atoms with van der Waals surface area (Å²) in [7, 11) is 0. The maximum Gasteiger partial charge on any atom is 0.329 e. The van der Waals surface area contributed by atoms with Gasteiger partial charge in [0.15, 0.2) is 5.82 Å². The molecule has 2 fully saturated rings. The van der Waals surface area contributed by atoms with E-state index in [1.807, 2.05) is 12.1 Å². The first-order valence-corrected chi connectivity index (χ1v) is 9.27. The van der Waals surface area contributed by atoms with E-state index in [1.54, 1.807) is 34.3 Å². The summed E-state index contributed by atoms with van der Waals surface area (Å²) in [5, 5.41) is 2.89. The molecule has 2 bridgehead atoms. The molecule has 3 amide bonds. The smallest absolute Gasteiger partial charge is 0.329 e. The predicted molar refractivity (Wildman–Crippen MR) is 102 cm³/mol. The monoisotopic (exact) mass is 364 g/mol. The molecule has 1 N–H and O–H groups in total. The summed E-state index contributed by atoms with van der Waals surface area (Å²) in [6.45, 7) is 2.46. The number of amides is 3. The van der Waals surface area contributed by atoms with Gasteiger partial charge in [-0.1, -0.05) is 0 Å². The highest BCUT2D eigenvalue weighted by molar-refractivity contribution is 6.04. The molecule has 138 valence electrons. The molecule has 2 aromatic rings. The Kier molecular flexibility index (Phi) is 3.70. The van der Waals surface area contributed by atoms with E-state index < -0.39 is 0 Å². The fourth-order valence-corrected chi connectivity index (χ4v) is 4.17. The summed E-state index contributed by atoms with van der Waals surface area (Å²) in [6.07, 6.45) is 5.67. The summed E-state index contributed by atoms with van der Waals surface area (Å²) in [5.74, 6) is 1.24. The third kappa shape index (κ3) is 2.68. The number of carbonyl (C=O) groups excluding carboxylic acids is 2. The summed E-state index contributed by atoms with van der Waals surface area (Å²) in [6, 6.07) is 7.32. The van der Waals surface area contributed by atoms with Gasteiger partial charge in [0, 0.05) is 50.2 Å². The van der Waals surface area contributed by atoms with Crippen molar-refractivity contribution in [1.82, 2.24) is 9.97 Å². The second-order valence-electron chi connectivity index (χ2n) is 7.08. The molecule has 0 aromatic carbocycles. The number of nitrogens with one attached hydrogen (secondary N) is 1. The minimum Gasteiger partial charge on any atom is -0.366 e. The number of fused-ring (bicyclic) bond motifs is 4. The molecule has 0 radical (unpaired) electrons. The van der Waals surface area contributed by atoms with Crippen molar-refractivity contribution in [2.24, 2.45) is 0 Å². The van der Waals surface area contributed by atoms with E-state index in [-0.39, 0.29) is 18.0 Å². The molecule has 8 heteroatoms. The van der Waals surface area contributed by atoms with Gasteiger partial charge >= 0.3 is 6.03 Å². The fourth-order valence-electron chi connectivity index (χ4n) is 4.17. The molecule has 2 saturated heterocycles. The molecule has 3 aliphatic rings. The van der Waals surface area contributed by atoms with E-state index in [4.69, 9.17) is 0 Å². The van der Waals surface area contributed by atoms with Crippen molar-refractivity contribution in [3.63, 3.8) is 0 Å². The highest BCUT2D eigenvalue weighted by Crippen LogP contribution is 2.38. The normalized spacial score (nSPS) is 20.8. The largest absolute Gasteiger partial charge is 0.366 e. The number of carbonyl (C=O) groups is 2. The first-order valence-electron chi connectivity index (χ1n) is 9.27. The van der Waals surface area contributed by atoms with Crippen LogP contribution < -0.4 is 20.0 Å². The number of pyridine rings is 2. The number of nitrogens with zero attached hydrogens (tertiary/aromatic N) is 5. The Hall–Kier alpha value is -3.16. The standard InChI is InChI=1S/C19H20N6O2/c26-17-4-2-9-24(17)13-5-8-20-16(11-13)22-19(27)25-14-6-10-23(12-14)15-3-1-7-21-18(15)25/h1,3,5,7-8,11,14H,2,4,6,9-10,12H2,(H,20,22,27). The van der Waals surface area contributed by atoms with Gasteiger partial charge in [-0.05, 0) is 31.0 Å². The van der Waals surface area contributed by atoms with Crippen molar-refractivity contribution in [1.29, 1.82) is 0 Å². The zero-order valence-corrected chi connectivity index (χ0v) is 14.8. The average molecular weight is 364 g/mol. The maximum atomic E-state index is 13.1. The second kappa shape index (κ2) is 6.22. The van der Waals surface area contributed by atoms with Crippen LogP contribution in [0.2, 0.25) is 0 Å². The SMILES string of the molecule is O=C1CCCN1c1ccnc(NC(=O)N2c3ncccc3N3CCC2C3)c1. The van der Waals surface area contributed by atoms with Gasteiger partial charge in [0.2, 0.25) is 5.91 Å². The summed E-state index contributed by atoms with van der Waals surface area (Å²) >= 11 is 0. The van der Waals surface area contributed by atoms with Crippen LogP contribution in [-0.2, 0) is 4.79 Å². The quantitative estimate of drug-likeness (QED) is 0.884. The van der Waals surface area contributed by atoms with Crippen LogP contribution in [0.25, 0.3) is 0 Å². The van der Waals surface area contributed by atoms with Crippen LogP contribution in [0, 0.1) is 0 Å². The van der Waals surface area contributed by atoms with E-state index in [0.29, 0.717) is 24.6 Å². The summed E-state index contributed by atoms with van der Waals surface area (Å²) in [4.78, 5) is 39.5. The molecule has 1 unspecified atom stereocenters. The fraction of sp³-hybridized carbons (Fsp3) is 0.368. The van der Waals surface area contributed by atoms with Crippen LogP contribution in [0.4, 0.5) is 27.8 Å². The third-order valence-corrected chi connectivity index (χ3v) is 5.45. The molecule has 1 atom stereocenters. The number of hydrogen-bond acceptors (Lipinski definition) is 5. The van der Waals surface area contributed by atoms with Crippen LogP contribution in [0.15, 0.2) is 36.7 Å². The minimum atomic E-state index is -0.237. The topological polar surface area (TPSA) is 81.7 Å². The van der Waals surface area contributed by atoms with Crippen LogP contribution in [0.3, 0.4) is 0 Å². The third-order valence-electron chi connectivity index (χ3n) is 5.45. The van der Waals surface area contributed by atoms with Crippen molar-refractivity contribution in [2.75, 3.05) is 39.7 Å². The van der Waals surface area contributed by atoms with Gasteiger partial charge in [0.1, 0.15) is 5.82 Å². The lowest BCUT2D eigenvalue weighted by Crippen LogP contribution is -2.48. The molecule has 3 aliphatic heterocycles. The van der Waals surface area contributed by atoms with Crippen LogP contribution in [0.1, 0.15) is 19.3 Å². The van der Waals surface area contributed by atoms with Crippen molar-refractivity contribution in [3.05, 3.63) is 36.7 Å². The number of urea groups is 1. The van der Waals surface area contributed by atoms with Gasteiger partial charge in [-0.25, -0.2) is 14.8 Å². The number of hydrogen-bond donors (Lipinski definition) is 1. The molecule has 0 spiro atoms. The molecular weight excluding hydrogens is 344 g/mol. The average Bonchev–Trinajstić information content (AvgIpc) is 3.29. The number of anilines is 4. The van der Waals surface area contributed by atoms with E-state index in [9.17, 15) is 9.59 Å². The van der Waals surface area contributed by atoms with E-state index >= 15 is 0 Å². The molecule has 0 saturated carbocycles. The Morgan fingerprint density at radius 1 is 1.19 bits per heavy atom. The van der Waals surface area contributed by atoms with Gasteiger partial charge in [-0.15, -0.1) is 0 Å².